The first-order valence-electron chi connectivity index (χ1n) is 26.6. The third kappa shape index (κ3) is 45.9. The molecule has 0 aromatic rings. The highest BCUT2D eigenvalue weighted by atomic mass is 16.6. The Hall–Kier alpha value is -1.59. The molecule has 0 saturated heterocycles. The van der Waals surface area contributed by atoms with Crippen LogP contribution in [0.15, 0.2) is 0 Å². The van der Waals surface area contributed by atoms with E-state index in [1.165, 1.54) is 173 Å². The zero-order valence-corrected chi connectivity index (χ0v) is 41.3. The zero-order valence-electron chi connectivity index (χ0n) is 41.3. The summed E-state index contributed by atoms with van der Waals surface area (Å²) in [5.41, 5.74) is 0. The normalized spacial score (nSPS) is 12.6. The largest absolute Gasteiger partial charge is 0.462 e. The number of unbranched alkanes of at least 4 members (excludes halogenated alkanes) is 29. The average Bonchev–Trinajstić information content (AvgIpc) is 3.22. The molecule has 0 bridgehead atoms. The summed E-state index contributed by atoms with van der Waals surface area (Å²) < 4.78 is 16.8. The van der Waals surface area contributed by atoms with Gasteiger partial charge >= 0.3 is 17.9 Å². The molecule has 2 atom stereocenters. The van der Waals surface area contributed by atoms with E-state index >= 15 is 0 Å². The van der Waals surface area contributed by atoms with E-state index in [4.69, 9.17) is 14.2 Å². The molecule has 1 unspecified atom stereocenters. The van der Waals surface area contributed by atoms with Crippen molar-refractivity contribution < 1.29 is 28.6 Å². The quantitative estimate of drug-likeness (QED) is 0.0345. The van der Waals surface area contributed by atoms with Gasteiger partial charge in [-0.15, -0.1) is 0 Å². The summed E-state index contributed by atoms with van der Waals surface area (Å²) in [7, 11) is 0. The maximum atomic E-state index is 12.8. The molecule has 0 N–H and O–H groups in total. The van der Waals surface area contributed by atoms with Gasteiger partial charge in [0.1, 0.15) is 13.2 Å². The molecular weight excluding hydrogens is 745 g/mol. The Morgan fingerprint density at radius 2 is 0.583 bits per heavy atom. The second-order valence-electron chi connectivity index (χ2n) is 19.7. The SMILES string of the molecule is CCC(C)CCCCCCCCC(=O)O[C@H](COC(=O)CCCCCCCCCCCCCCCCC(C)C)COC(=O)CCCCCCCCCCCCCCC(C)C. The number of hydrogen-bond donors (Lipinski definition) is 0. The Morgan fingerprint density at radius 1 is 0.333 bits per heavy atom. The van der Waals surface area contributed by atoms with Gasteiger partial charge in [-0.25, -0.2) is 0 Å². The molecular formula is C54H104O6. The van der Waals surface area contributed by atoms with Crippen molar-refractivity contribution in [2.75, 3.05) is 13.2 Å². The summed E-state index contributed by atoms with van der Waals surface area (Å²) >= 11 is 0. The summed E-state index contributed by atoms with van der Waals surface area (Å²) in [6.07, 6.45) is 45.2. The van der Waals surface area contributed by atoms with Crippen LogP contribution in [0.5, 0.6) is 0 Å². The van der Waals surface area contributed by atoms with Gasteiger partial charge in [-0.05, 0) is 37.0 Å². The van der Waals surface area contributed by atoms with Crippen LogP contribution in [0, 0.1) is 17.8 Å². The van der Waals surface area contributed by atoms with Crippen LogP contribution in [-0.2, 0) is 28.6 Å². The van der Waals surface area contributed by atoms with Crippen molar-refractivity contribution in [1.82, 2.24) is 0 Å². The number of hydrogen-bond acceptors (Lipinski definition) is 6. The molecule has 60 heavy (non-hydrogen) atoms. The molecule has 0 aliphatic heterocycles. The van der Waals surface area contributed by atoms with Gasteiger partial charge in [0.25, 0.3) is 0 Å². The van der Waals surface area contributed by atoms with Gasteiger partial charge in [0, 0.05) is 19.3 Å². The third-order valence-corrected chi connectivity index (χ3v) is 12.5. The Bertz CT molecular complexity index is 931. The smallest absolute Gasteiger partial charge is 0.306 e. The van der Waals surface area contributed by atoms with Crippen LogP contribution in [0.1, 0.15) is 292 Å². The number of esters is 3. The van der Waals surface area contributed by atoms with Crippen molar-refractivity contribution >= 4 is 17.9 Å². The van der Waals surface area contributed by atoms with Crippen LogP contribution in [0.25, 0.3) is 0 Å². The highest BCUT2D eigenvalue weighted by Crippen LogP contribution is 2.18. The number of rotatable bonds is 47. The molecule has 356 valence electrons. The predicted octanol–water partition coefficient (Wildman–Crippen LogP) is 17.2. The van der Waals surface area contributed by atoms with E-state index in [0.29, 0.717) is 19.3 Å². The first kappa shape index (κ1) is 58.4. The van der Waals surface area contributed by atoms with E-state index < -0.39 is 6.10 Å². The average molecular weight is 849 g/mol. The van der Waals surface area contributed by atoms with Crippen LogP contribution < -0.4 is 0 Å². The van der Waals surface area contributed by atoms with E-state index in [9.17, 15) is 14.4 Å². The van der Waals surface area contributed by atoms with E-state index in [2.05, 4.69) is 41.5 Å². The maximum absolute atomic E-state index is 12.8. The molecule has 0 amide bonds. The van der Waals surface area contributed by atoms with E-state index in [1.807, 2.05) is 0 Å². The molecule has 0 aliphatic carbocycles. The van der Waals surface area contributed by atoms with Gasteiger partial charge in [-0.3, -0.25) is 14.4 Å². The van der Waals surface area contributed by atoms with Gasteiger partial charge in [0.2, 0.25) is 0 Å². The van der Waals surface area contributed by atoms with Gasteiger partial charge in [-0.2, -0.15) is 0 Å². The lowest BCUT2D eigenvalue weighted by Gasteiger charge is -2.18. The van der Waals surface area contributed by atoms with E-state index in [1.54, 1.807) is 0 Å². The molecule has 0 aromatic heterocycles. The second kappa shape index (κ2) is 45.4. The molecule has 0 aliphatic rings. The molecule has 6 heteroatoms. The minimum absolute atomic E-state index is 0.0652. The van der Waals surface area contributed by atoms with Crippen molar-refractivity contribution in [3.05, 3.63) is 0 Å². The first-order valence-corrected chi connectivity index (χ1v) is 26.6. The minimum Gasteiger partial charge on any atom is -0.462 e. The van der Waals surface area contributed by atoms with Crippen molar-refractivity contribution in [3.8, 4) is 0 Å². The van der Waals surface area contributed by atoms with Crippen LogP contribution >= 0.6 is 0 Å². The lowest BCUT2D eigenvalue weighted by molar-refractivity contribution is -0.167. The maximum Gasteiger partial charge on any atom is 0.306 e. The predicted molar refractivity (Wildman–Crippen MR) is 256 cm³/mol. The minimum atomic E-state index is -0.763. The summed E-state index contributed by atoms with van der Waals surface area (Å²) in [4.78, 5) is 38.0. The fourth-order valence-electron chi connectivity index (χ4n) is 8.08. The number of carbonyl (C=O) groups excluding carboxylic acids is 3. The van der Waals surface area contributed by atoms with Gasteiger partial charge < -0.3 is 14.2 Å². The van der Waals surface area contributed by atoms with Crippen molar-refractivity contribution in [3.63, 3.8) is 0 Å². The van der Waals surface area contributed by atoms with Crippen LogP contribution in [-0.4, -0.2) is 37.2 Å². The second-order valence-corrected chi connectivity index (χ2v) is 19.7. The highest BCUT2D eigenvalue weighted by molar-refractivity contribution is 5.71. The Labute approximate surface area is 374 Å². The Morgan fingerprint density at radius 3 is 0.867 bits per heavy atom. The lowest BCUT2D eigenvalue weighted by atomic mass is 10.00. The Balaban J connectivity index is 4.26. The number of ether oxygens (including phenoxy) is 3. The van der Waals surface area contributed by atoms with E-state index in [-0.39, 0.29) is 31.1 Å². The summed E-state index contributed by atoms with van der Waals surface area (Å²) in [6, 6.07) is 0. The molecule has 0 spiro atoms. The van der Waals surface area contributed by atoms with Gasteiger partial charge in [-0.1, -0.05) is 253 Å². The fourth-order valence-corrected chi connectivity index (χ4v) is 8.08. The molecule has 0 aromatic carbocycles. The topological polar surface area (TPSA) is 78.9 Å². The highest BCUT2D eigenvalue weighted by Gasteiger charge is 2.19. The van der Waals surface area contributed by atoms with Crippen LogP contribution in [0.4, 0.5) is 0 Å². The molecule has 0 rings (SSSR count). The zero-order chi connectivity index (χ0) is 44.2. The standard InChI is InChI=1S/C54H104O6/c1-7-50(6)42-36-30-26-27-33-39-45-54(57)60-51(47-59-53(56)44-38-32-25-21-17-13-12-15-19-23-29-35-41-49(4)5)46-58-52(55)43-37-31-24-20-16-11-9-8-10-14-18-22-28-34-40-48(2)3/h48-51H,7-47H2,1-6H3/t50?,51-/m1/s1. The number of carbonyl (C=O) groups is 3. The van der Waals surface area contributed by atoms with Crippen LogP contribution in [0.2, 0.25) is 0 Å². The molecule has 0 fully saturated rings. The van der Waals surface area contributed by atoms with Gasteiger partial charge in [0.15, 0.2) is 6.10 Å². The van der Waals surface area contributed by atoms with Gasteiger partial charge in [0.05, 0.1) is 0 Å². The van der Waals surface area contributed by atoms with Crippen molar-refractivity contribution in [2.45, 2.75) is 298 Å². The Kier molecular flexibility index (Phi) is 44.2. The molecule has 0 radical (unpaired) electrons. The monoisotopic (exact) mass is 849 g/mol. The van der Waals surface area contributed by atoms with Crippen molar-refractivity contribution in [1.29, 1.82) is 0 Å². The fraction of sp³-hybridized carbons (Fsp3) is 0.944. The van der Waals surface area contributed by atoms with Crippen molar-refractivity contribution in [2.24, 2.45) is 17.8 Å². The van der Waals surface area contributed by atoms with E-state index in [0.717, 1.165) is 75.5 Å². The third-order valence-electron chi connectivity index (χ3n) is 12.5. The van der Waals surface area contributed by atoms with Crippen LogP contribution in [0.3, 0.4) is 0 Å². The molecule has 0 heterocycles. The molecule has 0 saturated carbocycles. The summed E-state index contributed by atoms with van der Waals surface area (Å²) in [5.74, 6) is 1.63. The lowest BCUT2D eigenvalue weighted by Crippen LogP contribution is -2.30. The molecule has 6 nitrogen and oxygen atoms in total. The first-order chi connectivity index (χ1) is 29.1. The summed E-state index contributed by atoms with van der Waals surface area (Å²) in [6.45, 7) is 13.7. The summed E-state index contributed by atoms with van der Waals surface area (Å²) in [5, 5.41) is 0.